The molecule has 3 aromatic carbocycles. The van der Waals surface area contributed by atoms with E-state index in [1.807, 2.05) is 55.5 Å². The Bertz CT molecular complexity index is 1820. The zero-order valence-corrected chi connectivity index (χ0v) is 23.8. The van der Waals surface area contributed by atoms with Crippen LogP contribution in [-0.4, -0.2) is 38.0 Å². The van der Waals surface area contributed by atoms with Crippen molar-refractivity contribution in [2.24, 2.45) is 4.99 Å². The van der Waals surface area contributed by atoms with Crippen LogP contribution in [0.15, 0.2) is 75.7 Å². The highest BCUT2D eigenvalue weighted by Gasteiger charge is 2.34. The van der Waals surface area contributed by atoms with Crippen LogP contribution in [0, 0.1) is 0 Å². The molecule has 206 valence electrons. The summed E-state index contributed by atoms with van der Waals surface area (Å²) in [6, 6.07) is 16.5. The minimum atomic E-state index is -0.767. The van der Waals surface area contributed by atoms with E-state index < -0.39 is 12.0 Å². The first-order valence-corrected chi connectivity index (χ1v) is 13.8. The minimum Gasteiger partial charge on any atom is -0.496 e. The highest BCUT2D eigenvalue weighted by Crippen LogP contribution is 2.36. The maximum absolute atomic E-state index is 14.1. The largest absolute Gasteiger partial charge is 0.496 e. The second-order valence-corrected chi connectivity index (χ2v) is 10.1. The summed E-state index contributed by atoms with van der Waals surface area (Å²) in [6.07, 6.45) is 1.84. The van der Waals surface area contributed by atoms with Crippen LogP contribution in [0.4, 0.5) is 0 Å². The van der Waals surface area contributed by atoms with E-state index in [-0.39, 0.29) is 12.2 Å². The molecule has 1 aliphatic rings. The van der Waals surface area contributed by atoms with Gasteiger partial charge in [-0.3, -0.25) is 9.36 Å². The Morgan fingerprint density at radius 3 is 2.48 bits per heavy atom. The summed E-state index contributed by atoms with van der Waals surface area (Å²) < 4.78 is 24.4. The van der Waals surface area contributed by atoms with Gasteiger partial charge in [0.1, 0.15) is 5.75 Å². The molecule has 1 aliphatic heterocycles. The lowest BCUT2D eigenvalue weighted by Crippen LogP contribution is -2.40. The number of methoxy groups -OCH3 is 2. The molecule has 9 heteroatoms. The van der Waals surface area contributed by atoms with Gasteiger partial charge in [0.25, 0.3) is 5.56 Å². The molecule has 4 aromatic rings. The molecule has 1 aromatic heterocycles. The fraction of sp³-hybridized carbons (Fsp3) is 0.258. The number of nitrogens with zero attached hydrogens (tertiary/aromatic N) is 2. The molecule has 0 saturated heterocycles. The molecule has 0 amide bonds. The average Bonchev–Trinajstić information content (AvgIpc) is 3.26. The molecule has 0 saturated carbocycles. The van der Waals surface area contributed by atoms with Gasteiger partial charge in [-0.25, -0.2) is 9.79 Å². The standard InChI is InChI=1S/C31H30N2O6S/c1-6-38-25-16-20(13-15-24(25)37-5)28-27(30(35)39-7-2)18(3)32-31-33(28)29(34)26(40-31)17-22-21-11-9-8-10-19(21)12-14-23(22)36-4/h8-17,28H,6-7H2,1-5H3/b26-17+/t28-/m0/s1. The molecule has 0 fully saturated rings. The molecule has 1 atom stereocenters. The Morgan fingerprint density at radius 2 is 1.75 bits per heavy atom. The van der Waals surface area contributed by atoms with Crippen molar-refractivity contribution in [3.8, 4) is 17.2 Å². The second kappa shape index (κ2) is 11.4. The highest BCUT2D eigenvalue weighted by molar-refractivity contribution is 7.07. The Kier molecular flexibility index (Phi) is 7.75. The van der Waals surface area contributed by atoms with Crippen molar-refractivity contribution in [1.82, 2.24) is 4.57 Å². The van der Waals surface area contributed by atoms with Crippen molar-refractivity contribution in [1.29, 1.82) is 0 Å². The predicted octanol–water partition coefficient (Wildman–Crippen LogP) is 4.37. The van der Waals surface area contributed by atoms with Gasteiger partial charge in [-0.15, -0.1) is 0 Å². The van der Waals surface area contributed by atoms with Gasteiger partial charge in [-0.1, -0.05) is 47.7 Å². The number of benzene rings is 3. The lowest BCUT2D eigenvalue weighted by atomic mass is 9.95. The van der Waals surface area contributed by atoms with E-state index in [9.17, 15) is 9.59 Å². The minimum absolute atomic E-state index is 0.195. The topological polar surface area (TPSA) is 88.4 Å². The van der Waals surface area contributed by atoms with Gasteiger partial charge in [0.2, 0.25) is 0 Å². The van der Waals surface area contributed by atoms with Crippen LogP contribution in [0.3, 0.4) is 0 Å². The van der Waals surface area contributed by atoms with E-state index in [0.717, 1.165) is 16.3 Å². The maximum atomic E-state index is 14.1. The summed E-state index contributed by atoms with van der Waals surface area (Å²) in [6.45, 7) is 6.01. The SMILES string of the molecule is CCOC(=O)C1=C(C)N=c2s/c(=C/c3c(OC)ccc4ccccc34)c(=O)n2[C@H]1c1ccc(OC)c(OCC)c1. The van der Waals surface area contributed by atoms with Crippen molar-refractivity contribution in [3.63, 3.8) is 0 Å². The number of hydrogen-bond acceptors (Lipinski definition) is 8. The number of hydrogen-bond donors (Lipinski definition) is 0. The van der Waals surface area contributed by atoms with E-state index in [4.69, 9.17) is 18.9 Å². The van der Waals surface area contributed by atoms with Crippen LogP contribution < -0.4 is 29.1 Å². The Balaban J connectivity index is 1.78. The van der Waals surface area contributed by atoms with Crippen LogP contribution in [0.2, 0.25) is 0 Å². The summed E-state index contributed by atoms with van der Waals surface area (Å²) in [7, 11) is 3.17. The number of carbonyl (C=O) groups excluding carboxylic acids is 1. The quantitative estimate of drug-likeness (QED) is 0.299. The molecule has 0 spiro atoms. The monoisotopic (exact) mass is 558 g/mol. The first-order valence-electron chi connectivity index (χ1n) is 13.0. The number of ether oxygens (including phenoxy) is 4. The number of aromatic nitrogens is 1. The number of carbonyl (C=O) groups is 1. The maximum Gasteiger partial charge on any atom is 0.338 e. The number of rotatable bonds is 8. The zero-order valence-electron chi connectivity index (χ0n) is 23.0. The van der Waals surface area contributed by atoms with Gasteiger partial charge in [-0.05, 0) is 61.4 Å². The molecule has 8 nitrogen and oxygen atoms in total. The molecule has 0 N–H and O–H groups in total. The van der Waals surface area contributed by atoms with Gasteiger partial charge >= 0.3 is 5.97 Å². The highest BCUT2D eigenvalue weighted by atomic mass is 32.1. The normalized spacial score (nSPS) is 15.0. The van der Waals surface area contributed by atoms with Crippen LogP contribution >= 0.6 is 11.3 Å². The molecule has 0 radical (unpaired) electrons. The molecule has 2 heterocycles. The lowest BCUT2D eigenvalue weighted by Gasteiger charge is -2.25. The third-order valence-electron chi connectivity index (χ3n) is 6.75. The Morgan fingerprint density at radius 1 is 1.00 bits per heavy atom. The van der Waals surface area contributed by atoms with E-state index in [0.29, 0.717) is 50.0 Å². The second-order valence-electron chi connectivity index (χ2n) is 9.05. The molecule has 5 rings (SSSR count). The van der Waals surface area contributed by atoms with Gasteiger partial charge in [0.05, 0.1) is 49.3 Å². The van der Waals surface area contributed by atoms with E-state index >= 15 is 0 Å². The van der Waals surface area contributed by atoms with Crippen LogP contribution in [-0.2, 0) is 9.53 Å². The summed E-state index contributed by atoms with van der Waals surface area (Å²) in [5.41, 5.74) is 2.00. The summed E-state index contributed by atoms with van der Waals surface area (Å²) in [5, 5.41) is 1.99. The molecule has 0 aliphatic carbocycles. The Hall–Kier alpha value is -4.37. The van der Waals surface area contributed by atoms with Crippen molar-refractivity contribution in [2.45, 2.75) is 26.8 Å². The average molecular weight is 559 g/mol. The molecule has 0 unspecified atom stereocenters. The number of fused-ring (bicyclic) bond motifs is 2. The smallest absolute Gasteiger partial charge is 0.338 e. The summed E-state index contributed by atoms with van der Waals surface area (Å²) >= 11 is 1.27. The fourth-order valence-electron chi connectivity index (χ4n) is 4.97. The van der Waals surface area contributed by atoms with Gasteiger partial charge < -0.3 is 18.9 Å². The lowest BCUT2D eigenvalue weighted by molar-refractivity contribution is -0.139. The molecule has 0 bridgehead atoms. The number of allylic oxidation sites excluding steroid dienone is 1. The fourth-order valence-corrected chi connectivity index (χ4v) is 6.00. The molecule has 40 heavy (non-hydrogen) atoms. The van der Waals surface area contributed by atoms with Crippen molar-refractivity contribution >= 4 is 34.2 Å². The third-order valence-corrected chi connectivity index (χ3v) is 7.73. The first kappa shape index (κ1) is 27.2. The van der Waals surface area contributed by atoms with Crippen LogP contribution in [0.25, 0.3) is 16.8 Å². The van der Waals surface area contributed by atoms with E-state index in [1.54, 1.807) is 44.8 Å². The molecular formula is C31H30N2O6S. The summed E-state index contributed by atoms with van der Waals surface area (Å²) in [4.78, 5) is 32.5. The van der Waals surface area contributed by atoms with Crippen LogP contribution in [0.1, 0.15) is 37.9 Å². The predicted molar refractivity (Wildman–Crippen MR) is 155 cm³/mol. The van der Waals surface area contributed by atoms with Crippen molar-refractivity contribution in [2.75, 3.05) is 27.4 Å². The first-order chi connectivity index (χ1) is 19.4. The van der Waals surface area contributed by atoms with E-state index in [2.05, 4.69) is 4.99 Å². The van der Waals surface area contributed by atoms with Gasteiger partial charge in [0.15, 0.2) is 16.3 Å². The van der Waals surface area contributed by atoms with Crippen LogP contribution in [0.5, 0.6) is 17.2 Å². The zero-order chi connectivity index (χ0) is 28.4. The van der Waals surface area contributed by atoms with E-state index in [1.165, 1.54) is 11.3 Å². The number of thiazole rings is 1. The Labute approximate surface area is 235 Å². The van der Waals surface area contributed by atoms with Gasteiger partial charge in [0, 0.05) is 5.56 Å². The van der Waals surface area contributed by atoms with Crippen molar-refractivity contribution < 1.29 is 23.7 Å². The summed E-state index contributed by atoms with van der Waals surface area (Å²) in [5.74, 6) is 1.20. The van der Waals surface area contributed by atoms with Gasteiger partial charge in [-0.2, -0.15) is 0 Å². The number of esters is 1. The third kappa shape index (κ3) is 4.77. The van der Waals surface area contributed by atoms with Crippen molar-refractivity contribution in [3.05, 3.63) is 96.7 Å². The molecular weight excluding hydrogens is 528 g/mol.